The largest absolute Gasteiger partial charge is 0.359 e. The van der Waals surface area contributed by atoms with E-state index in [2.05, 4.69) is 43.5 Å². The van der Waals surface area contributed by atoms with Crippen molar-refractivity contribution in [1.82, 2.24) is 5.32 Å². The molecule has 2 N–H and O–H groups in total. The topological polar surface area (TPSA) is 24.1 Å². The van der Waals surface area contributed by atoms with Gasteiger partial charge in [0.1, 0.15) is 0 Å². The number of benzene rings is 1. The third kappa shape index (κ3) is 3.69. The quantitative estimate of drug-likeness (QED) is 0.795. The van der Waals surface area contributed by atoms with Crippen molar-refractivity contribution in [3.63, 3.8) is 0 Å². The minimum atomic E-state index is 0.507. The molecule has 3 heteroatoms. The molecule has 0 amide bonds. The van der Waals surface area contributed by atoms with Crippen LogP contribution in [-0.2, 0) is 0 Å². The van der Waals surface area contributed by atoms with Crippen molar-refractivity contribution < 1.29 is 0 Å². The molecule has 3 atom stereocenters. The lowest BCUT2D eigenvalue weighted by atomic mass is 9.78. The van der Waals surface area contributed by atoms with Gasteiger partial charge in [-0.2, -0.15) is 0 Å². The molecule has 0 saturated heterocycles. The van der Waals surface area contributed by atoms with Gasteiger partial charge in [-0.3, -0.25) is 0 Å². The monoisotopic (exact) mass is 276 g/mol. The molecule has 1 aliphatic rings. The van der Waals surface area contributed by atoms with Gasteiger partial charge in [0.2, 0.25) is 0 Å². The Hall–Kier alpha value is -1.09. The van der Waals surface area contributed by atoms with Crippen molar-refractivity contribution in [2.24, 2.45) is 11.8 Å². The molecule has 1 aromatic carbocycles. The number of hydrogen-bond acceptors (Lipinski definition) is 1. The van der Waals surface area contributed by atoms with Crippen molar-refractivity contribution >= 4 is 23.0 Å². The molecule has 1 fully saturated rings. The van der Waals surface area contributed by atoms with Crippen molar-refractivity contribution in [3.05, 3.63) is 29.8 Å². The average molecular weight is 276 g/mol. The van der Waals surface area contributed by atoms with E-state index in [1.807, 2.05) is 12.1 Å². The summed E-state index contributed by atoms with van der Waals surface area (Å²) in [6, 6.07) is 8.74. The van der Waals surface area contributed by atoms with Crippen LogP contribution < -0.4 is 10.6 Å². The van der Waals surface area contributed by atoms with E-state index >= 15 is 0 Å². The molecule has 1 aliphatic carbocycles. The number of para-hydroxylation sites is 1. The molecule has 0 aliphatic heterocycles. The third-order valence-corrected chi connectivity index (χ3v) is 4.64. The van der Waals surface area contributed by atoms with Crippen LogP contribution in [0.1, 0.15) is 38.7 Å². The lowest BCUT2D eigenvalue weighted by Gasteiger charge is -2.35. The van der Waals surface area contributed by atoms with E-state index in [-0.39, 0.29) is 0 Å². The fraction of sp³-hybridized carbons (Fsp3) is 0.562. The average Bonchev–Trinajstić information content (AvgIpc) is 2.38. The van der Waals surface area contributed by atoms with Crippen molar-refractivity contribution in [1.29, 1.82) is 0 Å². The summed E-state index contributed by atoms with van der Waals surface area (Å²) >= 11 is 5.45. The molecule has 0 radical (unpaired) electrons. The maximum Gasteiger partial charge on any atom is 0.171 e. The summed E-state index contributed by atoms with van der Waals surface area (Å²) < 4.78 is 0. The van der Waals surface area contributed by atoms with Crippen LogP contribution in [0.4, 0.5) is 5.69 Å². The highest BCUT2D eigenvalue weighted by atomic mass is 32.1. The first-order valence-electron chi connectivity index (χ1n) is 7.21. The van der Waals surface area contributed by atoms with Gasteiger partial charge in [0.25, 0.3) is 0 Å². The van der Waals surface area contributed by atoms with E-state index in [0.717, 1.165) is 16.7 Å². The Morgan fingerprint density at radius 3 is 2.68 bits per heavy atom. The molecule has 1 saturated carbocycles. The Morgan fingerprint density at radius 2 is 1.95 bits per heavy atom. The van der Waals surface area contributed by atoms with Gasteiger partial charge in [-0.25, -0.2) is 0 Å². The van der Waals surface area contributed by atoms with Crippen LogP contribution in [0.3, 0.4) is 0 Å². The highest BCUT2D eigenvalue weighted by Gasteiger charge is 2.27. The summed E-state index contributed by atoms with van der Waals surface area (Å²) in [4.78, 5) is 0. The normalized spacial score (nSPS) is 26.8. The van der Waals surface area contributed by atoms with Crippen LogP contribution in [0.2, 0.25) is 0 Å². The van der Waals surface area contributed by atoms with Crippen molar-refractivity contribution in [3.8, 4) is 0 Å². The standard InChI is InChI=1S/C16H24N2S/c1-11-8-6-10-15(13(11)3)18-16(19)17-14-9-5-4-7-12(14)2/h4-5,7,9,11,13,15H,6,8,10H2,1-3H3,(H2,17,18,19)/t11-,13-,15+/m0/s1. The summed E-state index contributed by atoms with van der Waals surface area (Å²) in [6.45, 7) is 6.77. The van der Waals surface area contributed by atoms with Crippen LogP contribution in [0, 0.1) is 18.8 Å². The van der Waals surface area contributed by atoms with Gasteiger partial charge >= 0.3 is 0 Å². The first-order valence-corrected chi connectivity index (χ1v) is 7.62. The Morgan fingerprint density at radius 1 is 1.21 bits per heavy atom. The number of anilines is 1. The second-order valence-electron chi connectivity index (χ2n) is 5.79. The highest BCUT2D eigenvalue weighted by Crippen LogP contribution is 2.29. The summed E-state index contributed by atoms with van der Waals surface area (Å²) in [5, 5.41) is 7.56. The molecule has 0 unspecified atom stereocenters. The van der Waals surface area contributed by atoms with E-state index < -0.39 is 0 Å². The summed E-state index contributed by atoms with van der Waals surface area (Å²) in [7, 11) is 0. The van der Waals surface area contributed by atoms with Crippen LogP contribution in [0.25, 0.3) is 0 Å². The van der Waals surface area contributed by atoms with E-state index in [4.69, 9.17) is 12.2 Å². The lowest BCUT2D eigenvalue weighted by molar-refractivity contribution is 0.225. The molecule has 0 bridgehead atoms. The Bertz CT molecular complexity index is 444. The predicted molar refractivity (Wildman–Crippen MR) is 86.5 cm³/mol. The molecule has 2 rings (SSSR count). The Labute approximate surface area is 122 Å². The van der Waals surface area contributed by atoms with Gasteiger partial charge in [0.15, 0.2) is 5.11 Å². The fourth-order valence-corrected chi connectivity index (χ4v) is 3.09. The molecule has 19 heavy (non-hydrogen) atoms. The third-order valence-electron chi connectivity index (χ3n) is 4.42. The van der Waals surface area contributed by atoms with Gasteiger partial charge < -0.3 is 10.6 Å². The van der Waals surface area contributed by atoms with Gasteiger partial charge in [0.05, 0.1) is 0 Å². The number of hydrogen-bond donors (Lipinski definition) is 2. The van der Waals surface area contributed by atoms with Crippen molar-refractivity contribution in [2.75, 3.05) is 5.32 Å². The summed E-state index contributed by atoms with van der Waals surface area (Å²) in [5.74, 6) is 1.47. The molecular formula is C16H24N2S. The number of aryl methyl sites for hydroxylation is 1. The van der Waals surface area contributed by atoms with Crippen LogP contribution in [0.5, 0.6) is 0 Å². The SMILES string of the molecule is Cc1ccccc1NC(=S)N[C@@H]1CCC[C@H](C)[C@@H]1C. The van der Waals surface area contributed by atoms with E-state index in [9.17, 15) is 0 Å². The molecule has 0 heterocycles. The number of rotatable bonds is 2. The van der Waals surface area contributed by atoms with E-state index in [1.54, 1.807) is 0 Å². The van der Waals surface area contributed by atoms with Gasteiger partial charge in [-0.05, 0) is 49.0 Å². The van der Waals surface area contributed by atoms with E-state index in [1.165, 1.54) is 24.8 Å². The zero-order valence-corrected chi connectivity index (χ0v) is 12.9. The zero-order valence-electron chi connectivity index (χ0n) is 12.1. The first kappa shape index (κ1) is 14.3. The number of thiocarbonyl (C=S) groups is 1. The molecule has 104 valence electrons. The maximum atomic E-state index is 5.45. The molecule has 2 nitrogen and oxygen atoms in total. The second kappa shape index (κ2) is 6.38. The molecule has 0 aromatic heterocycles. The van der Waals surface area contributed by atoms with Gasteiger partial charge in [0, 0.05) is 11.7 Å². The van der Waals surface area contributed by atoms with Gasteiger partial charge in [-0.15, -0.1) is 0 Å². The Balaban J connectivity index is 1.93. The minimum Gasteiger partial charge on any atom is -0.359 e. The first-order chi connectivity index (χ1) is 9.08. The zero-order chi connectivity index (χ0) is 13.8. The smallest absolute Gasteiger partial charge is 0.171 e. The molecular weight excluding hydrogens is 252 g/mol. The van der Waals surface area contributed by atoms with Gasteiger partial charge in [-0.1, -0.05) is 44.9 Å². The van der Waals surface area contributed by atoms with Crippen LogP contribution in [-0.4, -0.2) is 11.2 Å². The molecule has 1 aromatic rings. The minimum absolute atomic E-state index is 0.507. The van der Waals surface area contributed by atoms with Crippen LogP contribution >= 0.6 is 12.2 Å². The maximum absolute atomic E-state index is 5.45. The predicted octanol–water partition coefficient (Wildman–Crippen LogP) is 4.11. The highest BCUT2D eigenvalue weighted by molar-refractivity contribution is 7.80. The van der Waals surface area contributed by atoms with Crippen LogP contribution in [0.15, 0.2) is 24.3 Å². The van der Waals surface area contributed by atoms with Crippen molar-refractivity contribution in [2.45, 2.75) is 46.1 Å². The van der Waals surface area contributed by atoms with E-state index in [0.29, 0.717) is 12.0 Å². The molecule has 0 spiro atoms. The Kier molecular flexibility index (Phi) is 4.81. The summed E-state index contributed by atoms with van der Waals surface area (Å²) in [5.41, 5.74) is 2.31. The lowest BCUT2D eigenvalue weighted by Crippen LogP contribution is -2.45. The fourth-order valence-electron chi connectivity index (χ4n) is 2.83. The number of nitrogens with one attached hydrogen (secondary N) is 2. The summed E-state index contributed by atoms with van der Waals surface area (Å²) in [6.07, 6.45) is 3.87. The second-order valence-corrected chi connectivity index (χ2v) is 6.20.